The Morgan fingerprint density at radius 1 is 1.03 bits per heavy atom. The lowest BCUT2D eigenvalue weighted by molar-refractivity contribution is -0.113. The Morgan fingerprint density at radius 2 is 1.81 bits per heavy atom. The highest BCUT2D eigenvalue weighted by atomic mass is 32.2. The van der Waals surface area contributed by atoms with Gasteiger partial charge in [-0.15, -0.1) is 11.3 Å². The summed E-state index contributed by atoms with van der Waals surface area (Å²) in [6.45, 7) is 4.81. The van der Waals surface area contributed by atoms with E-state index in [-0.39, 0.29) is 17.3 Å². The minimum absolute atomic E-state index is 0.0582. The highest BCUT2D eigenvalue weighted by molar-refractivity contribution is 8.00. The SMILES string of the molecule is CC1(C)Cc2c(sc3nc(-c4ccccc4)nc(SCC(=O)Nc4cccc5ccccc45)c23)CO1. The molecule has 0 bridgehead atoms. The number of hydrogen-bond acceptors (Lipinski definition) is 6. The molecule has 0 fully saturated rings. The number of amides is 1. The molecule has 3 aromatic carbocycles. The van der Waals surface area contributed by atoms with E-state index in [4.69, 9.17) is 14.7 Å². The van der Waals surface area contributed by atoms with E-state index in [0.29, 0.717) is 12.4 Å². The van der Waals surface area contributed by atoms with Gasteiger partial charge in [-0.2, -0.15) is 0 Å². The maximum Gasteiger partial charge on any atom is 0.234 e. The topological polar surface area (TPSA) is 64.1 Å². The molecule has 1 aliphatic heterocycles. The highest BCUT2D eigenvalue weighted by Crippen LogP contribution is 2.42. The number of nitrogens with one attached hydrogen (secondary N) is 1. The monoisotopic (exact) mass is 511 g/mol. The lowest BCUT2D eigenvalue weighted by Gasteiger charge is -2.30. The third kappa shape index (κ3) is 4.50. The van der Waals surface area contributed by atoms with E-state index in [1.165, 1.54) is 22.2 Å². The number of carbonyl (C=O) groups is 1. The van der Waals surface area contributed by atoms with Crippen molar-refractivity contribution in [3.8, 4) is 11.4 Å². The van der Waals surface area contributed by atoms with Gasteiger partial charge in [-0.25, -0.2) is 9.97 Å². The molecule has 0 saturated heterocycles. The molecule has 7 heteroatoms. The highest BCUT2D eigenvalue weighted by Gasteiger charge is 2.31. The zero-order chi connectivity index (χ0) is 24.7. The molecule has 1 aliphatic rings. The fourth-order valence-electron chi connectivity index (χ4n) is 4.59. The summed E-state index contributed by atoms with van der Waals surface area (Å²) in [5.41, 5.74) is 2.79. The molecular weight excluding hydrogens is 486 g/mol. The molecule has 5 nitrogen and oxygen atoms in total. The fourth-order valence-corrected chi connectivity index (χ4v) is 6.61. The molecule has 1 amide bonds. The number of aromatic nitrogens is 2. The number of benzene rings is 3. The number of anilines is 1. The number of nitrogens with zero attached hydrogens (tertiary/aromatic N) is 2. The first-order valence-corrected chi connectivity index (χ1v) is 13.7. The largest absolute Gasteiger partial charge is 0.370 e. The van der Waals surface area contributed by atoms with Crippen LogP contribution in [0.5, 0.6) is 0 Å². The number of fused-ring (bicyclic) bond motifs is 4. The predicted octanol–water partition coefficient (Wildman–Crippen LogP) is 7.09. The van der Waals surface area contributed by atoms with Crippen LogP contribution in [0.15, 0.2) is 77.8 Å². The molecule has 180 valence electrons. The standard InChI is InChI=1S/C29H25N3O2S2/c1-29(2)15-21-23(16-34-29)36-28-25(21)27(31-26(32-28)19-10-4-3-5-11-19)35-17-24(33)30-22-14-8-12-18-9-6-7-13-20(18)22/h3-14H,15-17H2,1-2H3,(H,30,33). The normalized spacial score (nSPS) is 14.6. The first kappa shape index (κ1) is 23.2. The smallest absolute Gasteiger partial charge is 0.234 e. The Morgan fingerprint density at radius 3 is 2.67 bits per heavy atom. The Hall–Kier alpha value is -3.26. The number of hydrogen-bond donors (Lipinski definition) is 1. The van der Waals surface area contributed by atoms with Crippen molar-refractivity contribution in [3.63, 3.8) is 0 Å². The van der Waals surface area contributed by atoms with Crippen LogP contribution in [0.4, 0.5) is 5.69 Å². The Bertz CT molecular complexity index is 1590. The average Bonchev–Trinajstić information content (AvgIpc) is 3.25. The van der Waals surface area contributed by atoms with E-state index in [9.17, 15) is 4.79 Å². The molecule has 0 spiro atoms. The van der Waals surface area contributed by atoms with E-state index in [2.05, 4.69) is 19.2 Å². The van der Waals surface area contributed by atoms with Gasteiger partial charge in [0.05, 0.1) is 18.0 Å². The summed E-state index contributed by atoms with van der Waals surface area (Å²) in [5, 5.41) is 7.14. The van der Waals surface area contributed by atoms with E-state index < -0.39 is 0 Å². The summed E-state index contributed by atoms with van der Waals surface area (Å²) in [6.07, 6.45) is 0.798. The summed E-state index contributed by atoms with van der Waals surface area (Å²) >= 11 is 3.14. The summed E-state index contributed by atoms with van der Waals surface area (Å²) in [5.74, 6) is 0.879. The van der Waals surface area contributed by atoms with Crippen molar-refractivity contribution >= 4 is 55.7 Å². The number of carbonyl (C=O) groups excluding carboxylic acids is 1. The minimum Gasteiger partial charge on any atom is -0.370 e. The molecule has 0 radical (unpaired) electrons. The first-order chi connectivity index (χ1) is 17.5. The second kappa shape index (κ2) is 9.32. The molecule has 0 aliphatic carbocycles. The number of thiophene rings is 1. The van der Waals surface area contributed by atoms with Crippen LogP contribution in [0.1, 0.15) is 24.3 Å². The van der Waals surface area contributed by atoms with Gasteiger partial charge in [-0.3, -0.25) is 4.79 Å². The van der Waals surface area contributed by atoms with Gasteiger partial charge in [0, 0.05) is 33.3 Å². The first-order valence-electron chi connectivity index (χ1n) is 11.9. The average molecular weight is 512 g/mol. The van der Waals surface area contributed by atoms with E-state index >= 15 is 0 Å². The van der Waals surface area contributed by atoms with E-state index in [1.54, 1.807) is 11.3 Å². The molecule has 1 N–H and O–H groups in total. The van der Waals surface area contributed by atoms with Crippen molar-refractivity contribution in [3.05, 3.63) is 83.2 Å². The molecule has 0 saturated carbocycles. The van der Waals surface area contributed by atoms with Crippen LogP contribution in [-0.2, 0) is 22.6 Å². The fraction of sp³-hybridized carbons (Fsp3) is 0.207. The third-order valence-corrected chi connectivity index (χ3v) is 8.41. The maximum atomic E-state index is 13.1. The molecular formula is C29H25N3O2S2. The van der Waals surface area contributed by atoms with Crippen molar-refractivity contribution in [2.75, 3.05) is 11.1 Å². The van der Waals surface area contributed by atoms with Gasteiger partial charge in [0.1, 0.15) is 9.86 Å². The number of rotatable bonds is 5. The summed E-state index contributed by atoms with van der Waals surface area (Å²) in [6, 6.07) is 24.0. The molecule has 5 aromatic rings. The summed E-state index contributed by atoms with van der Waals surface area (Å²) < 4.78 is 6.07. The van der Waals surface area contributed by atoms with Crippen molar-refractivity contribution < 1.29 is 9.53 Å². The van der Waals surface area contributed by atoms with Gasteiger partial charge >= 0.3 is 0 Å². The van der Waals surface area contributed by atoms with Gasteiger partial charge in [0.15, 0.2) is 5.82 Å². The Balaban J connectivity index is 1.34. The molecule has 0 atom stereocenters. The Kier molecular flexibility index (Phi) is 5.99. The van der Waals surface area contributed by atoms with Gasteiger partial charge in [0.2, 0.25) is 5.91 Å². The zero-order valence-corrected chi connectivity index (χ0v) is 21.7. The van der Waals surface area contributed by atoms with Crippen LogP contribution in [0, 0.1) is 0 Å². The van der Waals surface area contributed by atoms with Crippen molar-refractivity contribution in [1.82, 2.24) is 9.97 Å². The Labute approximate surface area is 217 Å². The van der Waals surface area contributed by atoms with Gasteiger partial charge < -0.3 is 10.1 Å². The lowest BCUT2D eigenvalue weighted by Crippen LogP contribution is -2.31. The van der Waals surface area contributed by atoms with Crippen LogP contribution in [0.3, 0.4) is 0 Å². The second-order valence-electron chi connectivity index (χ2n) is 9.49. The molecule has 36 heavy (non-hydrogen) atoms. The van der Waals surface area contributed by atoms with Gasteiger partial charge in [0.25, 0.3) is 0 Å². The third-order valence-electron chi connectivity index (χ3n) is 6.33. The summed E-state index contributed by atoms with van der Waals surface area (Å²) in [7, 11) is 0. The zero-order valence-electron chi connectivity index (χ0n) is 20.1. The van der Waals surface area contributed by atoms with E-state index in [0.717, 1.165) is 43.7 Å². The second-order valence-corrected chi connectivity index (χ2v) is 11.5. The van der Waals surface area contributed by atoms with E-state index in [1.807, 2.05) is 72.8 Å². The molecule has 6 rings (SSSR count). The molecule has 0 unspecified atom stereocenters. The molecule has 3 heterocycles. The van der Waals surface area contributed by atoms with Crippen molar-refractivity contribution in [2.24, 2.45) is 0 Å². The van der Waals surface area contributed by atoms with Crippen molar-refractivity contribution in [2.45, 2.75) is 37.5 Å². The number of ether oxygens (including phenoxy) is 1. The lowest BCUT2D eigenvalue weighted by atomic mass is 9.94. The van der Waals surface area contributed by atoms with Crippen LogP contribution in [-0.4, -0.2) is 27.2 Å². The molecule has 2 aromatic heterocycles. The van der Waals surface area contributed by atoms with Gasteiger partial charge in [-0.05, 0) is 30.9 Å². The van der Waals surface area contributed by atoms with Crippen LogP contribution < -0.4 is 5.32 Å². The number of thioether (sulfide) groups is 1. The van der Waals surface area contributed by atoms with Crippen molar-refractivity contribution in [1.29, 1.82) is 0 Å². The quantitative estimate of drug-likeness (QED) is 0.202. The van der Waals surface area contributed by atoms with Crippen LogP contribution in [0.2, 0.25) is 0 Å². The maximum absolute atomic E-state index is 13.1. The predicted molar refractivity (Wildman–Crippen MR) is 149 cm³/mol. The van der Waals surface area contributed by atoms with Crippen LogP contribution >= 0.6 is 23.1 Å². The minimum atomic E-state index is -0.243. The summed E-state index contributed by atoms with van der Waals surface area (Å²) in [4.78, 5) is 25.1. The van der Waals surface area contributed by atoms with Gasteiger partial charge in [-0.1, -0.05) is 78.5 Å². The van der Waals surface area contributed by atoms with Crippen LogP contribution in [0.25, 0.3) is 32.4 Å².